The Labute approximate surface area is 103 Å². The molecule has 3 rings (SSSR count). The fourth-order valence-corrected chi connectivity index (χ4v) is 2.14. The van der Waals surface area contributed by atoms with E-state index in [0.717, 1.165) is 21.9 Å². The number of nitrogens with zero attached hydrogens (tertiary/aromatic N) is 1. The number of H-pyrrole nitrogens is 1. The molecule has 0 aliphatic heterocycles. The maximum atomic E-state index is 11.3. The Morgan fingerprint density at radius 3 is 2.67 bits per heavy atom. The first-order valence-corrected chi connectivity index (χ1v) is 5.59. The van der Waals surface area contributed by atoms with Crippen LogP contribution in [-0.4, -0.2) is 16.1 Å². The molecule has 0 radical (unpaired) electrons. The van der Waals surface area contributed by atoms with Crippen molar-refractivity contribution in [1.29, 1.82) is 0 Å². The van der Waals surface area contributed by atoms with Crippen LogP contribution in [-0.2, 0) is 0 Å². The van der Waals surface area contributed by atoms with E-state index in [1.165, 1.54) is 0 Å². The first kappa shape index (κ1) is 10.5. The fraction of sp³-hybridized carbons (Fsp3) is 0. The number of benzene rings is 2. The van der Waals surface area contributed by atoms with Gasteiger partial charge in [-0.05, 0) is 16.3 Å². The summed E-state index contributed by atoms with van der Waals surface area (Å²) in [5.41, 5.74) is 7.28. The minimum atomic E-state index is -0.529. The van der Waals surface area contributed by atoms with Gasteiger partial charge in [0.25, 0.3) is 5.91 Å². The van der Waals surface area contributed by atoms with Crippen molar-refractivity contribution in [2.75, 3.05) is 0 Å². The average Bonchev–Trinajstić information content (AvgIpc) is 2.87. The molecule has 0 unspecified atom stereocenters. The molecule has 0 aliphatic rings. The van der Waals surface area contributed by atoms with Crippen molar-refractivity contribution in [1.82, 2.24) is 10.2 Å². The monoisotopic (exact) mass is 237 g/mol. The molecule has 0 fully saturated rings. The lowest BCUT2D eigenvalue weighted by molar-refractivity contribution is 0.0996. The summed E-state index contributed by atoms with van der Waals surface area (Å²) in [6.07, 6.45) is 1.70. The number of aromatic amines is 1. The van der Waals surface area contributed by atoms with Gasteiger partial charge in [0.05, 0.1) is 0 Å². The van der Waals surface area contributed by atoms with Gasteiger partial charge in [-0.15, -0.1) is 0 Å². The molecule has 2 aromatic carbocycles. The van der Waals surface area contributed by atoms with E-state index >= 15 is 0 Å². The number of hydrogen-bond acceptors (Lipinski definition) is 2. The van der Waals surface area contributed by atoms with Gasteiger partial charge in [0.15, 0.2) is 5.69 Å². The van der Waals surface area contributed by atoms with Crippen molar-refractivity contribution < 1.29 is 4.79 Å². The maximum Gasteiger partial charge on any atom is 0.269 e. The minimum Gasteiger partial charge on any atom is -0.364 e. The fourth-order valence-electron chi connectivity index (χ4n) is 2.14. The molecule has 3 N–H and O–H groups in total. The molecule has 0 spiro atoms. The standard InChI is InChI=1S/C14H11N3O/c15-14(18)13-12(8-16-17-13)11-7-3-5-9-4-1-2-6-10(9)11/h1-8H,(H2,15,18)(H,16,17). The number of hydrogen-bond donors (Lipinski definition) is 2. The van der Waals surface area contributed by atoms with Gasteiger partial charge in [0.2, 0.25) is 0 Å². The van der Waals surface area contributed by atoms with Crippen LogP contribution < -0.4 is 5.73 Å². The Kier molecular flexibility index (Phi) is 2.34. The van der Waals surface area contributed by atoms with E-state index in [0.29, 0.717) is 0 Å². The van der Waals surface area contributed by atoms with Crippen LogP contribution in [0.2, 0.25) is 0 Å². The van der Waals surface area contributed by atoms with Crippen molar-refractivity contribution in [3.8, 4) is 11.1 Å². The number of carbonyl (C=O) groups is 1. The average molecular weight is 237 g/mol. The van der Waals surface area contributed by atoms with Gasteiger partial charge >= 0.3 is 0 Å². The third-order valence-electron chi connectivity index (χ3n) is 2.95. The highest BCUT2D eigenvalue weighted by Gasteiger charge is 2.14. The van der Waals surface area contributed by atoms with E-state index in [1.807, 2.05) is 42.5 Å². The first-order chi connectivity index (χ1) is 8.77. The van der Waals surface area contributed by atoms with Crippen molar-refractivity contribution in [2.45, 2.75) is 0 Å². The van der Waals surface area contributed by atoms with E-state index in [-0.39, 0.29) is 5.69 Å². The van der Waals surface area contributed by atoms with E-state index in [9.17, 15) is 4.79 Å². The van der Waals surface area contributed by atoms with Gasteiger partial charge in [0, 0.05) is 11.8 Å². The molecular formula is C14H11N3O. The highest BCUT2D eigenvalue weighted by Crippen LogP contribution is 2.29. The Balaban J connectivity index is 2.32. The number of amides is 1. The van der Waals surface area contributed by atoms with E-state index in [4.69, 9.17) is 5.73 Å². The molecule has 1 aromatic heterocycles. The highest BCUT2D eigenvalue weighted by atomic mass is 16.1. The molecule has 0 atom stereocenters. The van der Waals surface area contributed by atoms with Gasteiger partial charge in [-0.1, -0.05) is 42.5 Å². The number of rotatable bonds is 2. The minimum absolute atomic E-state index is 0.270. The summed E-state index contributed by atoms with van der Waals surface area (Å²) >= 11 is 0. The second-order valence-corrected chi connectivity index (χ2v) is 4.04. The quantitative estimate of drug-likeness (QED) is 0.718. The second-order valence-electron chi connectivity index (χ2n) is 4.04. The topological polar surface area (TPSA) is 71.8 Å². The van der Waals surface area contributed by atoms with E-state index in [1.54, 1.807) is 6.20 Å². The normalized spacial score (nSPS) is 10.7. The SMILES string of the molecule is NC(=O)c1n[nH]cc1-c1cccc2ccccc12. The molecule has 1 amide bonds. The Bertz CT molecular complexity index is 725. The lowest BCUT2D eigenvalue weighted by Gasteiger charge is -2.05. The van der Waals surface area contributed by atoms with E-state index in [2.05, 4.69) is 10.2 Å². The van der Waals surface area contributed by atoms with Crippen LogP contribution >= 0.6 is 0 Å². The predicted molar refractivity (Wildman–Crippen MR) is 70.0 cm³/mol. The molecule has 0 saturated carbocycles. The smallest absolute Gasteiger partial charge is 0.269 e. The van der Waals surface area contributed by atoms with Gasteiger partial charge in [-0.25, -0.2) is 0 Å². The molecule has 18 heavy (non-hydrogen) atoms. The lowest BCUT2D eigenvalue weighted by Crippen LogP contribution is -2.12. The number of fused-ring (bicyclic) bond motifs is 1. The second kappa shape index (κ2) is 4.00. The lowest BCUT2D eigenvalue weighted by atomic mass is 9.98. The Hall–Kier alpha value is -2.62. The molecule has 3 aromatic rings. The summed E-state index contributed by atoms with van der Waals surface area (Å²) in [6, 6.07) is 13.9. The van der Waals surface area contributed by atoms with Gasteiger partial charge in [0.1, 0.15) is 0 Å². The summed E-state index contributed by atoms with van der Waals surface area (Å²) in [5.74, 6) is -0.529. The van der Waals surface area contributed by atoms with Crippen LogP contribution in [0.4, 0.5) is 0 Å². The molecule has 1 heterocycles. The summed E-state index contributed by atoms with van der Waals surface area (Å²) in [7, 11) is 0. The molecule has 0 bridgehead atoms. The van der Waals surface area contributed by atoms with Gasteiger partial charge in [-0.3, -0.25) is 9.89 Å². The van der Waals surface area contributed by atoms with Crippen LogP contribution in [0, 0.1) is 0 Å². The number of carbonyl (C=O) groups excluding carboxylic acids is 1. The number of nitrogens with one attached hydrogen (secondary N) is 1. The number of primary amides is 1. The van der Waals surface area contributed by atoms with Crippen LogP contribution in [0.1, 0.15) is 10.5 Å². The van der Waals surface area contributed by atoms with Gasteiger partial charge in [-0.2, -0.15) is 5.10 Å². The zero-order valence-electron chi connectivity index (χ0n) is 9.55. The number of aromatic nitrogens is 2. The summed E-state index contributed by atoms with van der Waals surface area (Å²) in [4.78, 5) is 11.3. The maximum absolute atomic E-state index is 11.3. The molecular weight excluding hydrogens is 226 g/mol. The predicted octanol–water partition coefficient (Wildman–Crippen LogP) is 2.33. The molecule has 0 saturated heterocycles. The zero-order valence-corrected chi connectivity index (χ0v) is 9.55. The van der Waals surface area contributed by atoms with Crippen LogP contribution in [0.15, 0.2) is 48.7 Å². The van der Waals surface area contributed by atoms with E-state index < -0.39 is 5.91 Å². The highest BCUT2D eigenvalue weighted by molar-refractivity contribution is 6.04. The van der Waals surface area contributed by atoms with Gasteiger partial charge < -0.3 is 5.73 Å². The summed E-state index contributed by atoms with van der Waals surface area (Å²) < 4.78 is 0. The van der Waals surface area contributed by atoms with Crippen molar-refractivity contribution in [3.05, 3.63) is 54.4 Å². The largest absolute Gasteiger partial charge is 0.364 e. The van der Waals surface area contributed by atoms with Crippen molar-refractivity contribution in [2.24, 2.45) is 5.73 Å². The Morgan fingerprint density at radius 1 is 1.06 bits per heavy atom. The van der Waals surface area contributed by atoms with Crippen LogP contribution in [0.25, 0.3) is 21.9 Å². The van der Waals surface area contributed by atoms with Crippen LogP contribution in [0.3, 0.4) is 0 Å². The Morgan fingerprint density at radius 2 is 1.83 bits per heavy atom. The summed E-state index contributed by atoms with van der Waals surface area (Å²) in [5, 5.41) is 8.78. The zero-order chi connectivity index (χ0) is 12.5. The molecule has 4 nitrogen and oxygen atoms in total. The van der Waals surface area contributed by atoms with Crippen molar-refractivity contribution >= 4 is 16.7 Å². The first-order valence-electron chi connectivity index (χ1n) is 5.59. The summed E-state index contributed by atoms with van der Waals surface area (Å²) in [6.45, 7) is 0. The third-order valence-corrected chi connectivity index (χ3v) is 2.95. The van der Waals surface area contributed by atoms with Crippen molar-refractivity contribution in [3.63, 3.8) is 0 Å². The molecule has 4 heteroatoms. The third kappa shape index (κ3) is 1.55. The molecule has 0 aliphatic carbocycles. The van der Waals surface area contributed by atoms with Crippen LogP contribution in [0.5, 0.6) is 0 Å². The number of nitrogens with two attached hydrogens (primary N) is 1. The molecule has 88 valence electrons.